The van der Waals surface area contributed by atoms with Gasteiger partial charge in [0.1, 0.15) is 0 Å². The largest absolute Gasteiger partial charge is 0.435 e. The molecule has 3 rings (SSSR count). The van der Waals surface area contributed by atoms with E-state index >= 15 is 0 Å². The molecular formula is C14H8F3N3O2S. The summed E-state index contributed by atoms with van der Waals surface area (Å²) >= 11 is 0.550. The van der Waals surface area contributed by atoms with Crippen molar-refractivity contribution in [3.8, 4) is 5.69 Å². The second-order valence-corrected chi connectivity index (χ2v) is 5.58. The Morgan fingerprint density at radius 1 is 1.17 bits per heavy atom. The number of amides is 2. The van der Waals surface area contributed by atoms with Crippen molar-refractivity contribution in [2.24, 2.45) is 0 Å². The van der Waals surface area contributed by atoms with Gasteiger partial charge in [-0.25, -0.2) is 4.68 Å². The summed E-state index contributed by atoms with van der Waals surface area (Å²) in [4.78, 5) is 22.5. The molecular weight excluding hydrogens is 331 g/mol. The highest BCUT2D eigenvalue weighted by atomic mass is 32.2. The molecule has 0 radical (unpaired) electrons. The molecule has 2 aromatic rings. The number of thioether (sulfide) groups is 1. The maximum absolute atomic E-state index is 13.1. The second-order valence-electron chi connectivity index (χ2n) is 4.56. The van der Waals surface area contributed by atoms with E-state index in [1.807, 2.05) is 5.32 Å². The molecule has 23 heavy (non-hydrogen) atoms. The van der Waals surface area contributed by atoms with Gasteiger partial charge in [-0.15, -0.1) is 0 Å². The van der Waals surface area contributed by atoms with Crippen LogP contribution in [-0.2, 0) is 11.0 Å². The molecule has 5 nitrogen and oxygen atoms in total. The Morgan fingerprint density at radius 3 is 2.43 bits per heavy atom. The molecule has 0 aliphatic carbocycles. The van der Waals surface area contributed by atoms with Crippen LogP contribution in [0, 0.1) is 0 Å². The van der Waals surface area contributed by atoms with Gasteiger partial charge < -0.3 is 0 Å². The minimum atomic E-state index is -4.68. The van der Waals surface area contributed by atoms with E-state index in [1.54, 1.807) is 30.3 Å². The van der Waals surface area contributed by atoms with Crippen molar-refractivity contribution in [2.45, 2.75) is 6.18 Å². The molecule has 1 saturated heterocycles. The zero-order valence-corrected chi connectivity index (χ0v) is 12.1. The lowest BCUT2D eigenvalue weighted by Gasteiger charge is -2.03. The Balaban J connectivity index is 2.09. The first-order valence-electron chi connectivity index (χ1n) is 6.32. The highest BCUT2D eigenvalue weighted by Gasteiger charge is 2.37. The Bertz CT molecular complexity index is 812. The van der Waals surface area contributed by atoms with Crippen LogP contribution in [0.1, 0.15) is 11.3 Å². The molecule has 2 heterocycles. The molecule has 1 N–H and O–H groups in total. The molecule has 118 valence electrons. The second kappa shape index (κ2) is 5.58. The van der Waals surface area contributed by atoms with Gasteiger partial charge in [-0.2, -0.15) is 18.3 Å². The highest BCUT2D eigenvalue weighted by molar-refractivity contribution is 8.18. The summed E-state index contributed by atoms with van der Waals surface area (Å²) in [5.41, 5.74) is -0.961. The number of carbonyl (C=O) groups is 2. The molecule has 1 aromatic carbocycles. The fourth-order valence-electron chi connectivity index (χ4n) is 1.99. The van der Waals surface area contributed by atoms with Gasteiger partial charge in [0, 0.05) is 11.8 Å². The third kappa shape index (κ3) is 3.14. The molecule has 0 bridgehead atoms. The molecule has 0 atom stereocenters. The van der Waals surface area contributed by atoms with Crippen LogP contribution in [0.4, 0.5) is 18.0 Å². The predicted octanol–water partition coefficient (Wildman–Crippen LogP) is 3.22. The first-order chi connectivity index (χ1) is 10.8. The van der Waals surface area contributed by atoms with Gasteiger partial charge in [0.15, 0.2) is 5.69 Å². The summed E-state index contributed by atoms with van der Waals surface area (Å²) in [6, 6.07) is 8.27. The monoisotopic (exact) mass is 339 g/mol. The van der Waals surface area contributed by atoms with E-state index < -0.39 is 23.0 Å². The summed E-state index contributed by atoms with van der Waals surface area (Å²) < 4.78 is 40.5. The van der Waals surface area contributed by atoms with Crippen LogP contribution in [0.5, 0.6) is 0 Å². The minimum Gasteiger partial charge on any atom is -0.282 e. The van der Waals surface area contributed by atoms with Gasteiger partial charge in [-0.05, 0) is 30.0 Å². The Morgan fingerprint density at radius 2 is 1.87 bits per heavy atom. The number of hydrogen-bond donors (Lipinski definition) is 1. The van der Waals surface area contributed by atoms with Crippen molar-refractivity contribution in [3.63, 3.8) is 0 Å². The number of imide groups is 1. The number of nitrogens with zero attached hydrogens (tertiary/aromatic N) is 2. The predicted molar refractivity (Wildman–Crippen MR) is 77.7 cm³/mol. The van der Waals surface area contributed by atoms with Crippen molar-refractivity contribution in [1.82, 2.24) is 15.1 Å². The number of para-hydroxylation sites is 1. The quantitative estimate of drug-likeness (QED) is 0.854. The van der Waals surface area contributed by atoms with Crippen LogP contribution in [0.2, 0.25) is 0 Å². The zero-order valence-electron chi connectivity index (χ0n) is 11.3. The average molecular weight is 339 g/mol. The number of halogens is 3. The zero-order chi connectivity index (χ0) is 16.6. The van der Waals surface area contributed by atoms with Crippen molar-refractivity contribution in [1.29, 1.82) is 0 Å². The van der Waals surface area contributed by atoms with Gasteiger partial charge in [-0.1, -0.05) is 18.2 Å². The molecule has 1 aromatic heterocycles. The van der Waals surface area contributed by atoms with E-state index in [9.17, 15) is 22.8 Å². The van der Waals surface area contributed by atoms with Gasteiger partial charge in [0.05, 0.1) is 10.6 Å². The third-order valence-corrected chi connectivity index (χ3v) is 3.77. The normalized spacial score (nSPS) is 16.9. The van der Waals surface area contributed by atoms with Crippen LogP contribution >= 0.6 is 11.8 Å². The molecule has 1 fully saturated rings. The number of carbonyl (C=O) groups excluding carboxylic acids is 2. The lowest BCUT2D eigenvalue weighted by Crippen LogP contribution is -2.17. The van der Waals surface area contributed by atoms with Crippen LogP contribution in [0.15, 0.2) is 41.4 Å². The van der Waals surface area contributed by atoms with Crippen LogP contribution in [0.25, 0.3) is 11.8 Å². The smallest absolute Gasteiger partial charge is 0.282 e. The number of nitrogens with one attached hydrogen (secondary N) is 1. The lowest BCUT2D eigenvalue weighted by molar-refractivity contribution is -0.141. The van der Waals surface area contributed by atoms with Gasteiger partial charge in [0.25, 0.3) is 11.1 Å². The maximum Gasteiger partial charge on any atom is 0.435 e. The van der Waals surface area contributed by atoms with E-state index in [-0.39, 0.29) is 10.5 Å². The fourth-order valence-corrected chi connectivity index (χ4v) is 2.66. The van der Waals surface area contributed by atoms with E-state index in [2.05, 4.69) is 5.10 Å². The molecule has 0 unspecified atom stereocenters. The Kier molecular flexibility index (Phi) is 3.72. The SMILES string of the molecule is O=C1NC(=O)C(=Cc2cn(-c3ccccc3)nc2C(F)(F)F)S1. The number of rotatable bonds is 2. The molecule has 1 aliphatic rings. The molecule has 0 spiro atoms. The van der Waals surface area contributed by atoms with Crippen molar-refractivity contribution in [3.05, 3.63) is 52.7 Å². The van der Waals surface area contributed by atoms with Crippen molar-refractivity contribution < 1.29 is 22.8 Å². The first kappa shape index (κ1) is 15.3. The summed E-state index contributed by atoms with van der Waals surface area (Å²) in [7, 11) is 0. The summed E-state index contributed by atoms with van der Waals surface area (Å²) in [5, 5.41) is 4.93. The van der Waals surface area contributed by atoms with E-state index in [0.29, 0.717) is 17.4 Å². The van der Waals surface area contributed by atoms with Gasteiger partial charge >= 0.3 is 6.18 Å². The lowest BCUT2D eigenvalue weighted by atomic mass is 10.2. The molecule has 9 heteroatoms. The number of benzene rings is 1. The average Bonchev–Trinajstić information content (AvgIpc) is 3.04. The standard InChI is InChI=1S/C14H8F3N3O2S/c15-14(16,17)11-8(6-10-12(21)18-13(22)23-10)7-20(19-11)9-4-2-1-3-5-9/h1-7H,(H,18,21,22). The van der Waals surface area contributed by atoms with Crippen LogP contribution < -0.4 is 5.32 Å². The Hall–Kier alpha value is -2.55. The van der Waals surface area contributed by atoms with E-state index in [0.717, 1.165) is 10.8 Å². The van der Waals surface area contributed by atoms with E-state index in [4.69, 9.17) is 0 Å². The van der Waals surface area contributed by atoms with E-state index in [1.165, 1.54) is 6.20 Å². The van der Waals surface area contributed by atoms with Gasteiger partial charge in [0.2, 0.25) is 0 Å². The number of aromatic nitrogens is 2. The van der Waals surface area contributed by atoms with Crippen LogP contribution in [-0.4, -0.2) is 20.9 Å². The molecule has 1 aliphatic heterocycles. The summed E-state index contributed by atoms with van der Waals surface area (Å²) in [5.74, 6) is -0.722. The fraction of sp³-hybridized carbons (Fsp3) is 0.0714. The van der Waals surface area contributed by atoms with Crippen molar-refractivity contribution in [2.75, 3.05) is 0 Å². The topological polar surface area (TPSA) is 64.0 Å². The van der Waals surface area contributed by atoms with Crippen LogP contribution in [0.3, 0.4) is 0 Å². The first-order valence-corrected chi connectivity index (χ1v) is 7.13. The van der Waals surface area contributed by atoms with Crippen molar-refractivity contribution >= 4 is 29.0 Å². The highest BCUT2D eigenvalue weighted by Crippen LogP contribution is 2.34. The Labute approximate surface area is 132 Å². The summed E-state index contributed by atoms with van der Waals surface area (Å²) in [6.07, 6.45) is -2.50. The maximum atomic E-state index is 13.1. The third-order valence-electron chi connectivity index (χ3n) is 2.96. The molecule has 2 amide bonds. The molecule has 0 saturated carbocycles. The van der Waals surface area contributed by atoms with Gasteiger partial charge in [-0.3, -0.25) is 14.9 Å². The summed E-state index contributed by atoms with van der Waals surface area (Å²) in [6.45, 7) is 0. The minimum absolute atomic E-state index is 0.104. The number of hydrogen-bond acceptors (Lipinski definition) is 4. The number of alkyl halides is 3.